The number of oxazole rings is 1. The molecule has 0 bridgehead atoms. The normalized spacial score (nSPS) is 18.7. The SMILES string of the molecule is O=c1[nH]c2cccc(CN3CCOC(c4ccc(F)c(F)c4)C3)c2o1. The highest BCUT2D eigenvalue weighted by Crippen LogP contribution is 2.26. The first-order valence-electron chi connectivity index (χ1n) is 8.00. The third-order valence-electron chi connectivity index (χ3n) is 4.39. The summed E-state index contributed by atoms with van der Waals surface area (Å²) in [7, 11) is 0. The molecule has 4 rings (SSSR count). The molecule has 0 spiro atoms. The van der Waals surface area contributed by atoms with E-state index in [0.717, 1.165) is 11.6 Å². The van der Waals surface area contributed by atoms with Crippen molar-refractivity contribution in [1.82, 2.24) is 9.88 Å². The van der Waals surface area contributed by atoms with Crippen LogP contribution in [-0.4, -0.2) is 29.6 Å². The Morgan fingerprint density at radius 2 is 2.08 bits per heavy atom. The second-order valence-corrected chi connectivity index (χ2v) is 6.08. The second-order valence-electron chi connectivity index (χ2n) is 6.08. The van der Waals surface area contributed by atoms with Gasteiger partial charge in [-0.15, -0.1) is 0 Å². The Bertz CT molecular complexity index is 966. The van der Waals surface area contributed by atoms with Crippen LogP contribution in [0, 0.1) is 11.6 Å². The monoisotopic (exact) mass is 346 g/mol. The molecule has 0 radical (unpaired) electrons. The van der Waals surface area contributed by atoms with Gasteiger partial charge in [-0.2, -0.15) is 0 Å². The Balaban J connectivity index is 1.54. The minimum absolute atomic E-state index is 0.332. The molecule has 3 aromatic rings. The summed E-state index contributed by atoms with van der Waals surface area (Å²) >= 11 is 0. The van der Waals surface area contributed by atoms with Crippen molar-refractivity contribution in [2.24, 2.45) is 0 Å². The Morgan fingerprint density at radius 1 is 1.20 bits per heavy atom. The van der Waals surface area contributed by atoms with Gasteiger partial charge >= 0.3 is 5.76 Å². The number of benzene rings is 2. The fraction of sp³-hybridized carbons (Fsp3) is 0.278. The van der Waals surface area contributed by atoms with E-state index in [-0.39, 0.29) is 6.10 Å². The average Bonchev–Trinajstić information content (AvgIpc) is 2.99. The van der Waals surface area contributed by atoms with Crippen molar-refractivity contribution in [2.45, 2.75) is 12.6 Å². The first-order chi connectivity index (χ1) is 12.1. The molecule has 7 heteroatoms. The van der Waals surface area contributed by atoms with Gasteiger partial charge in [0.05, 0.1) is 18.2 Å². The molecule has 25 heavy (non-hydrogen) atoms. The molecule has 1 aliphatic heterocycles. The number of nitrogens with zero attached hydrogens (tertiary/aromatic N) is 1. The lowest BCUT2D eigenvalue weighted by atomic mass is 10.1. The van der Waals surface area contributed by atoms with Crippen molar-refractivity contribution in [3.8, 4) is 0 Å². The number of rotatable bonds is 3. The number of ether oxygens (including phenoxy) is 1. The smallest absolute Gasteiger partial charge is 0.408 e. The zero-order valence-corrected chi connectivity index (χ0v) is 13.3. The predicted molar refractivity (Wildman–Crippen MR) is 87.2 cm³/mol. The van der Waals surface area contributed by atoms with Gasteiger partial charge in [-0.1, -0.05) is 18.2 Å². The van der Waals surface area contributed by atoms with Crippen LogP contribution in [0.1, 0.15) is 17.2 Å². The standard InChI is InChI=1S/C18H16F2N2O3/c19-13-5-4-11(8-14(13)20)16-10-22(6-7-24-16)9-12-2-1-3-15-17(12)25-18(23)21-15/h1-5,8,16H,6-7,9-10H2,(H,21,23). The molecule has 0 amide bonds. The van der Waals surface area contributed by atoms with Crippen molar-refractivity contribution in [3.05, 3.63) is 69.7 Å². The van der Waals surface area contributed by atoms with Gasteiger partial charge in [0.1, 0.15) is 0 Å². The Hall–Kier alpha value is -2.51. The van der Waals surface area contributed by atoms with Crippen molar-refractivity contribution in [3.63, 3.8) is 0 Å². The first kappa shape index (κ1) is 16.0. The van der Waals surface area contributed by atoms with Crippen LogP contribution >= 0.6 is 0 Å². The van der Waals surface area contributed by atoms with Crippen LogP contribution in [-0.2, 0) is 11.3 Å². The molecule has 2 heterocycles. The minimum atomic E-state index is -0.878. The maximum atomic E-state index is 13.5. The highest BCUT2D eigenvalue weighted by atomic mass is 19.2. The van der Waals surface area contributed by atoms with Crippen molar-refractivity contribution < 1.29 is 17.9 Å². The van der Waals surface area contributed by atoms with Crippen LogP contribution in [0.3, 0.4) is 0 Å². The van der Waals surface area contributed by atoms with Gasteiger partial charge in [-0.25, -0.2) is 13.6 Å². The lowest BCUT2D eigenvalue weighted by Gasteiger charge is -2.33. The lowest BCUT2D eigenvalue weighted by molar-refractivity contribution is -0.0330. The molecule has 0 saturated carbocycles. The number of fused-ring (bicyclic) bond motifs is 1. The maximum absolute atomic E-state index is 13.5. The average molecular weight is 346 g/mol. The summed E-state index contributed by atoms with van der Waals surface area (Å²) < 4.78 is 37.5. The number of morpholine rings is 1. The van der Waals surface area contributed by atoms with Crippen molar-refractivity contribution >= 4 is 11.1 Å². The van der Waals surface area contributed by atoms with E-state index in [4.69, 9.17) is 9.15 Å². The van der Waals surface area contributed by atoms with E-state index in [9.17, 15) is 13.6 Å². The van der Waals surface area contributed by atoms with Gasteiger partial charge in [0.25, 0.3) is 0 Å². The van der Waals surface area contributed by atoms with Gasteiger partial charge in [0.15, 0.2) is 17.2 Å². The summed E-state index contributed by atoms with van der Waals surface area (Å²) in [5, 5.41) is 0. The molecule has 130 valence electrons. The zero-order chi connectivity index (χ0) is 17.4. The van der Waals surface area contributed by atoms with E-state index >= 15 is 0 Å². The van der Waals surface area contributed by atoms with Crippen LogP contribution in [0.15, 0.2) is 45.6 Å². The number of para-hydroxylation sites is 1. The first-order valence-corrected chi connectivity index (χ1v) is 8.00. The van der Waals surface area contributed by atoms with E-state index in [1.54, 1.807) is 12.1 Å². The number of H-pyrrole nitrogens is 1. The van der Waals surface area contributed by atoms with Gasteiger partial charge < -0.3 is 9.15 Å². The molecule has 1 aromatic heterocycles. The summed E-state index contributed by atoms with van der Waals surface area (Å²) in [4.78, 5) is 16.2. The fourth-order valence-electron chi connectivity index (χ4n) is 3.16. The predicted octanol–water partition coefficient (Wildman–Crippen LogP) is 2.97. The number of hydrogen-bond acceptors (Lipinski definition) is 4. The lowest BCUT2D eigenvalue weighted by Crippen LogP contribution is -2.37. The molecule has 0 aliphatic carbocycles. The van der Waals surface area contributed by atoms with E-state index in [0.29, 0.717) is 42.9 Å². The van der Waals surface area contributed by atoms with Crippen LogP contribution in [0.4, 0.5) is 8.78 Å². The molecule has 1 atom stereocenters. The molecule has 5 nitrogen and oxygen atoms in total. The number of hydrogen-bond donors (Lipinski definition) is 1. The molecule has 1 N–H and O–H groups in total. The summed E-state index contributed by atoms with van der Waals surface area (Å²) in [5.74, 6) is -2.23. The van der Waals surface area contributed by atoms with Crippen molar-refractivity contribution in [1.29, 1.82) is 0 Å². The Morgan fingerprint density at radius 3 is 2.92 bits per heavy atom. The third kappa shape index (κ3) is 3.20. The van der Waals surface area contributed by atoms with Gasteiger partial charge in [-0.3, -0.25) is 9.88 Å². The van der Waals surface area contributed by atoms with Crippen molar-refractivity contribution in [2.75, 3.05) is 19.7 Å². The highest BCUT2D eigenvalue weighted by Gasteiger charge is 2.23. The highest BCUT2D eigenvalue weighted by molar-refractivity contribution is 5.75. The second kappa shape index (κ2) is 6.42. The van der Waals surface area contributed by atoms with Gasteiger partial charge in [-0.05, 0) is 23.8 Å². The fourth-order valence-corrected chi connectivity index (χ4v) is 3.16. The molecule has 2 aromatic carbocycles. The summed E-state index contributed by atoms with van der Waals surface area (Å²) in [5.41, 5.74) is 2.70. The molecule has 1 saturated heterocycles. The van der Waals surface area contributed by atoms with E-state index in [1.165, 1.54) is 6.07 Å². The summed E-state index contributed by atoms with van der Waals surface area (Å²) in [6.07, 6.45) is -0.332. The maximum Gasteiger partial charge on any atom is 0.417 e. The van der Waals surface area contributed by atoms with Crippen LogP contribution in [0.25, 0.3) is 11.1 Å². The number of aromatic amines is 1. The molecule has 1 fully saturated rings. The number of nitrogens with one attached hydrogen (secondary N) is 1. The minimum Gasteiger partial charge on any atom is -0.408 e. The Kier molecular flexibility index (Phi) is 4.10. The number of halogens is 2. The third-order valence-corrected chi connectivity index (χ3v) is 4.39. The Labute approximate surface area is 141 Å². The summed E-state index contributed by atoms with van der Waals surface area (Å²) in [6.45, 7) is 2.29. The molecule has 1 unspecified atom stereocenters. The largest absolute Gasteiger partial charge is 0.417 e. The van der Waals surface area contributed by atoms with Crippen LogP contribution in [0.5, 0.6) is 0 Å². The molecular weight excluding hydrogens is 330 g/mol. The topological polar surface area (TPSA) is 58.5 Å². The quantitative estimate of drug-likeness (QED) is 0.792. The van der Waals surface area contributed by atoms with Crippen LogP contribution in [0.2, 0.25) is 0 Å². The molecule has 1 aliphatic rings. The zero-order valence-electron chi connectivity index (χ0n) is 13.3. The van der Waals surface area contributed by atoms with E-state index in [1.807, 2.05) is 12.1 Å². The summed E-state index contributed by atoms with van der Waals surface area (Å²) in [6, 6.07) is 9.38. The van der Waals surface area contributed by atoms with Crippen LogP contribution < -0.4 is 5.76 Å². The van der Waals surface area contributed by atoms with Gasteiger partial charge in [0, 0.05) is 25.2 Å². The van der Waals surface area contributed by atoms with E-state index < -0.39 is 17.4 Å². The van der Waals surface area contributed by atoms with Gasteiger partial charge in [0.2, 0.25) is 0 Å². The molecular formula is C18H16F2N2O3. The van der Waals surface area contributed by atoms with E-state index in [2.05, 4.69) is 9.88 Å². The number of aromatic nitrogens is 1.